The summed E-state index contributed by atoms with van der Waals surface area (Å²) >= 11 is 3.53. The summed E-state index contributed by atoms with van der Waals surface area (Å²) in [5.74, 6) is 0. The molecule has 0 fully saturated rings. The van der Waals surface area contributed by atoms with Crippen LogP contribution in [-0.4, -0.2) is 12.0 Å². The van der Waals surface area contributed by atoms with Crippen LogP contribution in [0, 0.1) is 17.0 Å². The van der Waals surface area contributed by atoms with Gasteiger partial charge in [-0.1, -0.05) is 46.3 Å². The SMILES string of the molecule is CNC(Cc1ccccc1[N+](=O)[O-])c1ccc(C)c(Br)c1. The van der Waals surface area contributed by atoms with E-state index in [2.05, 4.69) is 33.4 Å². The number of likely N-dealkylation sites (N-methyl/N-ethyl adjacent to an activating group) is 1. The van der Waals surface area contributed by atoms with Gasteiger partial charge in [-0.05, 0) is 37.6 Å². The van der Waals surface area contributed by atoms with Crippen LogP contribution in [0.4, 0.5) is 5.69 Å². The molecule has 0 aromatic heterocycles. The summed E-state index contributed by atoms with van der Waals surface area (Å²) < 4.78 is 1.04. The number of nitrogens with one attached hydrogen (secondary N) is 1. The fourth-order valence-electron chi connectivity index (χ4n) is 2.29. The van der Waals surface area contributed by atoms with Crippen molar-refractivity contribution in [2.24, 2.45) is 0 Å². The van der Waals surface area contributed by atoms with Gasteiger partial charge in [0.1, 0.15) is 0 Å². The molecule has 21 heavy (non-hydrogen) atoms. The van der Waals surface area contributed by atoms with Gasteiger partial charge in [0.05, 0.1) is 4.92 Å². The van der Waals surface area contributed by atoms with Crippen LogP contribution < -0.4 is 5.32 Å². The summed E-state index contributed by atoms with van der Waals surface area (Å²) in [7, 11) is 1.87. The van der Waals surface area contributed by atoms with E-state index in [1.54, 1.807) is 12.1 Å². The van der Waals surface area contributed by atoms with Crippen molar-refractivity contribution in [1.29, 1.82) is 0 Å². The Kier molecular flexibility index (Phi) is 5.09. The van der Waals surface area contributed by atoms with Crippen molar-refractivity contribution in [3.63, 3.8) is 0 Å². The molecule has 2 aromatic rings. The first kappa shape index (κ1) is 15.7. The van der Waals surface area contributed by atoms with Gasteiger partial charge in [-0.25, -0.2) is 0 Å². The summed E-state index contributed by atoms with van der Waals surface area (Å²) in [5, 5.41) is 14.3. The van der Waals surface area contributed by atoms with Crippen molar-refractivity contribution >= 4 is 21.6 Å². The molecule has 0 aliphatic heterocycles. The number of para-hydroxylation sites is 1. The maximum absolute atomic E-state index is 11.1. The Bertz CT molecular complexity index is 658. The standard InChI is InChI=1S/C16H17BrN2O2/c1-11-7-8-12(9-14(11)17)15(18-2)10-13-5-3-4-6-16(13)19(20)21/h3-9,15,18H,10H2,1-2H3. The lowest BCUT2D eigenvalue weighted by Crippen LogP contribution is -2.19. The predicted octanol–water partition coefficient (Wildman–Crippen LogP) is 4.17. The Morgan fingerprint density at radius 1 is 1.29 bits per heavy atom. The number of benzene rings is 2. The van der Waals surface area contributed by atoms with E-state index in [1.165, 1.54) is 5.56 Å². The van der Waals surface area contributed by atoms with Crippen molar-refractivity contribution in [3.8, 4) is 0 Å². The minimum Gasteiger partial charge on any atom is -0.313 e. The van der Waals surface area contributed by atoms with Crippen LogP contribution in [0.3, 0.4) is 0 Å². The zero-order chi connectivity index (χ0) is 15.4. The summed E-state index contributed by atoms with van der Waals surface area (Å²) in [6.07, 6.45) is 0.573. The second-order valence-corrected chi connectivity index (χ2v) is 5.79. The summed E-state index contributed by atoms with van der Waals surface area (Å²) in [4.78, 5) is 10.8. The molecule has 0 aliphatic carbocycles. The first-order chi connectivity index (χ1) is 10.0. The number of hydrogen-bond acceptors (Lipinski definition) is 3. The van der Waals surface area contributed by atoms with Crippen LogP contribution in [0.25, 0.3) is 0 Å². The zero-order valence-electron chi connectivity index (χ0n) is 12.0. The second kappa shape index (κ2) is 6.83. The molecule has 0 saturated carbocycles. The predicted molar refractivity (Wildman–Crippen MR) is 87.5 cm³/mol. The largest absolute Gasteiger partial charge is 0.313 e. The number of hydrogen-bond donors (Lipinski definition) is 1. The van der Waals surface area contributed by atoms with Crippen molar-refractivity contribution in [2.45, 2.75) is 19.4 Å². The highest BCUT2D eigenvalue weighted by Crippen LogP contribution is 2.27. The quantitative estimate of drug-likeness (QED) is 0.651. The minimum absolute atomic E-state index is 0.0306. The van der Waals surface area contributed by atoms with Crippen molar-refractivity contribution in [1.82, 2.24) is 5.32 Å². The number of halogens is 1. The Morgan fingerprint density at radius 2 is 2.00 bits per heavy atom. The van der Waals surface area contributed by atoms with E-state index in [0.717, 1.165) is 15.6 Å². The molecule has 1 atom stereocenters. The van der Waals surface area contributed by atoms with Gasteiger partial charge in [0.2, 0.25) is 0 Å². The van der Waals surface area contributed by atoms with Gasteiger partial charge in [-0.3, -0.25) is 10.1 Å². The molecule has 1 N–H and O–H groups in total. The highest BCUT2D eigenvalue weighted by atomic mass is 79.9. The molecule has 4 nitrogen and oxygen atoms in total. The Morgan fingerprint density at radius 3 is 2.62 bits per heavy atom. The van der Waals surface area contributed by atoms with Gasteiger partial charge >= 0.3 is 0 Å². The number of nitro benzene ring substituents is 1. The second-order valence-electron chi connectivity index (χ2n) is 4.94. The molecule has 5 heteroatoms. The molecule has 0 amide bonds. The van der Waals surface area contributed by atoms with E-state index >= 15 is 0 Å². The molecule has 0 radical (unpaired) electrons. The van der Waals surface area contributed by atoms with Crippen LogP contribution >= 0.6 is 15.9 Å². The van der Waals surface area contributed by atoms with E-state index in [4.69, 9.17) is 0 Å². The molecular formula is C16H17BrN2O2. The molecule has 0 spiro atoms. The molecule has 0 bridgehead atoms. The average Bonchev–Trinajstić information content (AvgIpc) is 2.48. The molecule has 2 aromatic carbocycles. The van der Waals surface area contributed by atoms with Crippen molar-refractivity contribution < 1.29 is 4.92 Å². The van der Waals surface area contributed by atoms with E-state index < -0.39 is 0 Å². The normalized spacial score (nSPS) is 12.1. The Balaban J connectivity index is 2.31. The molecule has 0 saturated heterocycles. The molecule has 0 heterocycles. The van der Waals surface area contributed by atoms with E-state index in [1.807, 2.05) is 32.2 Å². The first-order valence-corrected chi connectivity index (χ1v) is 7.48. The number of nitro groups is 1. The van der Waals surface area contributed by atoms with Gasteiger partial charge in [-0.2, -0.15) is 0 Å². The number of nitrogens with zero attached hydrogens (tertiary/aromatic N) is 1. The lowest BCUT2D eigenvalue weighted by Gasteiger charge is -2.17. The molecule has 1 unspecified atom stereocenters. The lowest BCUT2D eigenvalue weighted by atomic mass is 9.97. The van der Waals surface area contributed by atoms with Gasteiger partial charge in [-0.15, -0.1) is 0 Å². The zero-order valence-corrected chi connectivity index (χ0v) is 13.6. The van der Waals surface area contributed by atoms with Crippen LogP contribution in [-0.2, 0) is 6.42 Å². The average molecular weight is 349 g/mol. The Labute approximate surface area is 132 Å². The molecular weight excluding hydrogens is 332 g/mol. The summed E-state index contributed by atoms with van der Waals surface area (Å²) in [6, 6.07) is 13.1. The third-order valence-corrected chi connectivity index (χ3v) is 4.41. The van der Waals surface area contributed by atoms with Gasteiger partial charge < -0.3 is 5.32 Å². The van der Waals surface area contributed by atoms with Gasteiger partial charge in [0.25, 0.3) is 5.69 Å². The maximum atomic E-state index is 11.1. The van der Waals surface area contributed by atoms with Crippen LogP contribution in [0.2, 0.25) is 0 Å². The van der Waals surface area contributed by atoms with E-state index in [0.29, 0.717) is 6.42 Å². The lowest BCUT2D eigenvalue weighted by molar-refractivity contribution is -0.385. The highest BCUT2D eigenvalue weighted by Gasteiger charge is 2.18. The third kappa shape index (κ3) is 3.68. The number of rotatable bonds is 5. The van der Waals surface area contributed by atoms with Gasteiger partial charge in [0, 0.05) is 22.1 Å². The van der Waals surface area contributed by atoms with Crippen molar-refractivity contribution in [2.75, 3.05) is 7.05 Å². The monoisotopic (exact) mass is 348 g/mol. The number of aryl methyl sites for hydroxylation is 1. The molecule has 0 aliphatic rings. The molecule has 110 valence electrons. The molecule has 2 rings (SSSR count). The van der Waals surface area contributed by atoms with Crippen molar-refractivity contribution in [3.05, 3.63) is 73.7 Å². The summed E-state index contributed by atoms with van der Waals surface area (Å²) in [5.41, 5.74) is 3.18. The fraction of sp³-hybridized carbons (Fsp3) is 0.250. The minimum atomic E-state index is -0.326. The highest BCUT2D eigenvalue weighted by molar-refractivity contribution is 9.10. The summed E-state index contributed by atoms with van der Waals surface area (Å²) in [6.45, 7) is 2.03. The van der Waals surface area contributed by atoms with Crippen LogP contribution in [0.5, 0.6) is 0 Å². The topological polar surface area (TPSA) is 55.2 Å². The van der Waals surface area contributed by atoms with Gasteiger partial charge in [0.15, 0.2) is 0 Å². The maximum Gasteiger partial charge on any atom is 0.272 e. The van der Waals surface area contributed by atoms with E-state index in [9.17, 15) is 10.1 Å². The fourth-order valence-corrected chi connectivity index (χ4v) is 2.69. The van der Waals surface area contributed by atoms with Crippen LogP contribution in [0.1, 0.15) is 22.7 Å². The Hall–Kier alpha value is -1.72. The van der Waals surface area contributed by atoms with Crippen LogP contribution in [0.15, 0.2) is 46.9 Å². The third-order valence-electron chi connectivity index (χ3n) is 3.56. The van der Waals surface area contributed by atoms with E-state index in [-0.39, 0.29) is 16.7 Å². The first-order valence-electron chi connectivity index (χ1n) is 6.68. The smallest absolute Gasteiger partial charge is 0.272 e.